The zero-order valence-electron chi connectivity index (χ0n) is 11.8. The smallest absolute Gasteiger partial charge is 0.223 e. The van der Waals surface area contributed by atoms with Crippen LogP contribution in [0.3, 0.4) is 0 Å². The van der Waals surface area contributed by atoms with Crippen LogP contribution in [0.1, 0.15) is 46.0 Å². The number of carbonyl (C=O) groups is 2. The molecule has 1 aliphatic carbocycles. The molecule has 0 saturated heterocycles. The fourth-order valence-corrected chi connectivity index (χ4v) is 2.15. The van der Waals surface area contributed by atoms with Gasteiger partial charge in [-0.15, -0.1) is 12.4 Å². The van der Waals surface area contributed by atoms with Gasteiger partial charge in [-0.2, -0.15) is 0 Å². The van der Waals surface area contributed by atoms with Crippen LogP contribution in [-0.2, 0) is 9.59 Å². The Balaban J connectivity index is 0.00000324. The Morgan fingerprint density at radius 1 is 1.37 bits per heavy atom. The minimum atomic E-state index is -0.00669. The van der Waals surface area contributed by atoms with E-state index in [4.69, 9.17) is 5.73 Å². The second-order valence-corrected chi connectivity index (χ2v) is 5.19. The van der Waals surface area contributed by atoms with Crippen molar-refractivity contribution in [3.63, 3.8) is 0 Å². The molecule has 0 radical (unpaired) electrons. The summed E-state index contributed by atoms with van der Waals surface area (Å²) in [5.74, 6) is 0.0738. The highest BCUT2D eigenvalue weighted by Gasteiger charge is 2.27. The molecule has 5 nitrogen and oxygen atoms in total. The molecule has 2 amide bonds. The number of rotatable bonds is 6. The highest BCUT2D eigenvalue weighted by Crippen LogP contribution is 2.23. The van der Waals surface area contributed by atoms with E-state index >= 15 is 0 Å². The second-order valence-electron chi connectivity index (χ2n) is 5.19. The SMILES string of the molecule is CCC(C)NC(=O)CCNC(=O)C1CCC(N)C1.Cl. The fourth-order valence-electron chi connectivity index (χ4n) is 2.15. The topological polar surface area (TPSA) is 84.2 Å². The van der Waals surface area contributed by atoms with Gasteiger partial charge >= 0.3 is 0 Å². The Hall–Kier alpha value is -0.810. The van der Waals surface area contributed by atoms with E-state index in [0.717, 1.165) is 25.7 Å². The molecule has 112 valence electrons. The van der Waals surface area contributed by atoms with E-state index in [0.29, 0.717) is 13.0 Å². The minimum absolute atomic E-state index is 0. The van der Waals surface area contributed by atoms with E-state index in [9.17, 15) is 9.59 Å². The number of nitrogens with two attached hydrogens (primary N) is 1. The molecular formula is C13H26ClN3O2. The molecule has 4 N–H and O–H groups in total. The third kappa shape index (κ3) is 6.78. The van der Waals surface area contributed by atoms with Crippen molar-refractivity contribution in [3.05, 3.63) is 0 Å². The second kappa shape index (κ2) is 9.15. The third-order valence-electron chi connectivity index (χ3n) is 3.52. The Morgan fingerprint density at radius 3 is 2.58 bits per heavy atom. The molecule has 1 rings (SSSR count). The lowest BCUT2D eigenvalue weighted by Crippen LogP contribution is -2.36. The van der Waals surface area contributed by atoms with E-state index < -0.39 is 0 Å². The molecule has 1 aliphatic rings. The molecule has 0 bridgehead atoms. The maximum Gasteiger partial charge on any atom is 0.223 e. The summed E-state index contributed by atoms with van der Waals surface area (Å²) in [6.07, 6.45) is 3.82. The predicted molar refractivity (Wildman–Crippen MR) is 78.1 cm³/mol. The first-order valence-corrected chi connectivity index (χ1v) is 6.85. The summed E-state index contributed by atoms with van der Waals surface area (Å²) < 4.78 is 0. The fraction of sp³-hybridized carbons (Fsp3) is 0.846. The lowest BCUT2D eigenvalue weighted by molar-refractivity contribution is -0.125. The van der Waals surface area contributed by atoms with E-state index in [1.807, 2.05) is 13.8 Å². The third-order valence-corrected chi connectivity index (χ3v) is 3.52. The average molecular weight is 292 g/mol. The van der Waals surface area contributed by atoms with E-state index in [2.05, 4.69) is 10.6 Å². The number of amides is 2. The number of halogens is 1. The van der Waals surface area contributed by atoms with Gasteiger partial charge in [0.05, 0.1) is 0 Å². The van der Waals surface area contributed by atoms with Gasteiger partial charge in [0.25, 0.3) is 0 Å². The molecule has 0 aromatic carbocycles. The van der Waals surface area contributed by atoms with Crippen molar-refractivity contribution in [2.75, 3.05) is 6.54 Å². The molecular weight excluding hydrogens is 266 g/mol. The number of hydrogen-bond donors (Lipinski definition) is 3. The first kappa shape index (κ1) is 18.2. The van der Waals surface area contributed by atoms with Crippen LogP contribution in [0.5, 0.6) is 0 Å². The Morgan fingerprint density at radius 2 is 2.05 bits per heavy atom. The van der Waals surface area contributed by atoms with Crippen LogP contribution in [0.15, 0.2) is 0 Å². The number of nitrogens with one attached hydrogen (secondary N) is 2. The summed E-state index contributed by atoms with van der Waals surface area (Å²) in [6, 6.07) is 0.357. The van der Waals surface area contributed by atoms with Crippen molar-refractivity contribution in [1.82, 2.24) is 10.6 Å². The molecule has 1 saturated carbocycles. The van der Waals surface area contributed by atoms with Gasteiger partial charge in [0.1, 0.15) is 0 Å². The monoisotopic (exact) mass is 291 g/mol. The van der Waals surface area contributed by atoms with Crippen molar-refractivity contribution < 1.29 is 9.59 Å². The molecule has 0 aromatic rings. The summed E-state index contributed by atoms with van der Waals surface area (Å²) in [7, 11) is 0. The first-order valence-electron chi connectivity index (χ1n) is 6.85. The Kier molecular flexibility index (Phi) is 8.76. The van der Waals surface area contributed by atoms with Gasteiger partial charge in [-0.1, -0.05) is 6.92 Å². The van der Waals surface area contributed by atoms with Crippen molar-refractivity contribution in [2.45, 2.75) is 58.0 Å². The van der Waals surface area contributed by atoms with Crippen molar-refractivity contribution in [1.29, 1.82) is 0 Å². The highest BCUT2D eigenvalue weighted by atomic mass is 35.5. The standard InChI is InChI=1S/C13H25N3O2.ClH/c1-3-9(2)16-12(17)6-7-15-13(18)10-4-5-11(14)8-10;/h9-11H,3-8,14H2,1-2H3,(H,15,18)(H,16,17);1H. The summed E-state index contributed by atoms with van der Waals surface area (Å²) in [4.78, 5) is 23.2. The largest absolute Gasteiger partial charge is 0.355 e. The van der Waals surface area contributed by atoms with Crippen molar-refractivity contribution in [2.24, 2.45) is 11.7 Å². The molecule has 6 heteroatoms. The summed E-state index contributed by atoms with van der Waals surface area (Å²) in [5, 5.41) is 5.68. The van der Waals surface area contributed by atoms with E-state index in [1.54, 1.807) is 0 Å². The summed E-state index contributed by atoms with van der Waals surface area (Å²) in [5.41, 5.74) is 5.77. The molecule has 1 fully saturated rings. The van der Waals surface area contributed by atoms with Crippen LogP contribution in [-0.4, -0.2) is 30.4 Å². The van der Waals surface area contributed by atoms with Crippen molar-refractivity contribution in [3.8, 4) is 0 Å². The van der Waals surface area contributed by atoms with Crippen LogP contribution in [0.25, 0.3) is 0 Å². The lowest BCUT2D eigenvalue weighted by Gasteiger charge is -2.13. The molecule has 0 heterocycles. The van der Waals surface area contributed by atoms with Crippen LogP contribution >= 0.6 is 12.4 Å². The molecule has 3 unspecified atom stereocenters. The van der Waals surface area contributed by atoms with Gasteiger partial charge in [0.2, 0.25) is 11.8 Å². The van der Waals surface area contributed by atoms with Crippen LogP contribution < -0.4 is 16.4 Å². The molecule has 19 heavy (non-hydrogen) atoms. The Bertz CT molecular complexity index is 300. The summed E-state index contributed by atoms with van der Waals surface area (Å²) in [6.45, 7) is 4.40. The molecule has 3 atom stereocenters. The van der Waals surface area contributed by atoms with Gasteiger partial charge in [0.15, 0.2) is 0 Å². The van der Waals surface area contributed by atoms with E-state index in [1.165, 1.54) is 0 Å². The van der Waals surface area contributed by atoms with Crippen molar-refractivity contribution >= 4 is 24.2 Å². The van der Waals surface area contributed by atoms with Gasteiger partial charge in [-0.05, 0) is 32.6 Å². The van der Waals surface area contributed by atoms with Crippen LogP contribution in [0.2, 0.25) is 0 Å². The van der Waals surface area contributed by atoms with Gasteiger partial charge in [-0.25, -0.2) is 0 Å². The first-order chi connectivity index (χ1) is 8.52. The lowest BCUT2D eigenvalue weighted by atomic mass is 10.1. The minimum Gasteiger partial charge on any atom is -0.355 e. The molecule has 0 aliphatic heterocycles. The van der Waals surface area contributed by atoms with E-state index in [-0.39, 0.29) is 42.2 Å². The van der Waals surface area contributed by atoms with Crippen LogP contribution in [0.4, 0.5) is 0 Å². The summed E-state index contributed by atoms with van der Waals surface area (Å²) >= 11 is 0. The van der Waals surface area contributed by atoms with Gasteiger partial charge in [0, 0.05) is 31.0 Å². The normalized spacial score (nSPS) is 23.3. The number of hydrogen-bond acceptors (Lipinski definition) is 3. The molecule has 0 aromatic heterocycles. The predicted octanol–water partition coefficient (Wildman–Crippen LogP) is 0.957. The maximum absolute atomic E-state index is 11.8. The highest BCUT2D eigenvalue weighted by molar-refractivity contribution is 5.85. The quantitative estimate of drug-likeness (QED) is 0.681. The zero-order chi connectivity index (χ0) is 13.5. The maximum atomic E-state index is 11.8. The zero-order valence-corrected chi connectivity index (χ0v) is 12.6. The number of carbonyl (C=O) groups excluding carboxylic acids is 2. The molecule has 0 spiro atoms. The van der Waals surface area contributed by atoms with Gasteiger partial charge < -0.3 is 16.4 Å². The Labute approximate surface area is 121 Å². The van der Waals surface area contributed by atoms with Gasteiger partial charge in [-0.3, -0.25) is 9.59 Å². The van der Waals surface area contributed by atoms with Crippen LogP contribution in [0, 0.1) is 5.92 Å². The average Bonchev–Trinajstić information content (AvgIpc) is 2.75.